The lowest BCUT2D eigenvalue weighted by Crippen LogP contribution is -2.30. The Bertz CT molecular complexity index is 940. The highest BCUT2D eigenvalue weighted by atomic mass is 16.5. The van der Waals surface area contributed by atoms with E-state index in [0.717, 1.165) is 0 Å². The van der Waals surface area contributed by atoms with Crippen LogP contribution in [0.3, 0.4) is 0 Å². The van der Waals surface area contributed by atoms with Crippen LogP contribution < -0.4 is 20.7 Å². The number of carbonyl (C=O) groups excluding carboxylic acids is 2. The number of carbonyl (C=O) groups is 2. The fraction of sp³-hybridized carbons (Fsp3) is 0.0476. The van der Waals surface area contributed by atoms with Gasteiger partial charge in [-0.1, -0.05) is 24.3 Å². The van der Waals surface area contributed by atoms with Crippen LogP contribution in [-0.4, -0.2) is 12.0 Å². The average Bonchev–Trinajstić information content (AvgIpc) is 2.64. The molecule has 0 bridgehead atoms. The highest BCUT2D eigenvalue weighted by Gasteiger charge is 2.18. The molecule has 6 nitrogen and oxygen atoms in total. The zero-order valence-electron chi connectivity index (χ0n) is 14.8. The maximum atomic E-state index is 13.0. The molecule has 0 radical (unpaired) electrons. The molecular formula is C21H19N3O3. The first kappa shape index (κ1) is 18.0. The van der Waals surface area contributed by atoms with Crippen molar-refractivity contribution in [2.45, 2.75) is 6.92 Å². The summed E-state index contributed by atoms with van der Waals surface area (Å²) in [5.41, 5.74) is 8.26. The molecule has 3 aromatic carbocycles. The lowest BCUT2D eigenvalue weighted by molar-refractivity contribution is -0.131. The summed E-state index contributed by atoms with van der Waals surface area (Å²) in [6.45, 7) is 1.32. The number of hydrogen-bond donors (Lipinski definition) is 2. The van der Waals surface area contributed by atoms with Gasteiger partial charge < -0.3 is 15.8 Å². The second kappa shape index (κ2) is 8.05. The molecule has 0 saturated carbocycles. The number of benzene rings is 3. The third kappa shape index (κ3) is 4.64. The largest absolute Gasteiger partial charge is 0.427 e. The summed E-state index contributed by atoms with van der Waals surface area (Å²) >= 11 is 0. The van der Waals surface area contributed by atoms with Crippen LogP contribution in [0.4, 0.5) is 27.5 Å². The van der Waals surface area contributed by atoms with Crippen molar-refractivity contribution < 1.29 is 14.3 Å². The lowest BCUT2D eigenvalue weighted by Gasteiger charge is -2.23. The summed E-state index contributed by atoms with van der Waals surface area (Å²) in [6, 6.07) is 22.6. The molecule has 0 saturated heterocycles. The molecule has 3 N–H and O–H groups in total. The van der Waals surface area contributed by atoms with Crippen LogP contribution in [0, 0.1) is 0 Å². The minimum Gasteiger partial charge on any atom is -0.427 e. The van der Waals surface area contributed by atoms with Gasteiger partial charge in [-0.25, -0.2) is 4.79 Å². The van der Waals surface area contributed by atoms with Gasteiger partial charge in [0, 0.05) is 24.4 Å². The summed E-state index contributed by atoms with van der Waals surface area (Å²) in [5.74, 6) is -0.0645. The number of esters is 1. The molecule has 0 spiro atoms. The predicted octanol–water partition coefficient (Wildman–Crippen LogP) is 4.56. The zero-order valence-corrected chi connectivity index (χ0v) is 14.8. The van der Waals surface area contributed by atoms with Gasteiger partial charge in [-0.05, 0) is 48.5 Å². The van der Waals surface area contributed by atoms with E-state index in [1.165, 1.54) is 11.8 Å². The van der Waals surface area contributed by atoms with E-state index >= 15 is 0 Å². The number of rotatable bonds is 4. The van der Waals surface area contributed by atoms with Gasteiger partial charge in [0.25, 0.3) is 0 Å². The summed E-state index contributed by atoms with van der Waals surface area (Å²) in [5, 5.41) is 2.83. The van der Waals surface area contributed by atoms with Gasteiger partial charge in [0.05, 0.1) is 11.4 Å². The molecule has 0 atom stereocenters. The van der Waals surface area contributed by atoms with Crippen LogP contribution in [0.2, 0.25) is 0 Å². The number of nitrogens with two attached hydrogens (primary N) is 1. The minimum absolute atomic E-state index is 0.356. The Hall–Kier alpha value is -3.80. The molecule has 2 amide bonds. The number of nitrogens with one attached hydrogen (secondary N) is 1. The molecule has 0 aliphatic rings. The summed E-state index contributed by atoms with van der Waals surface area (Å²) in [6.07, 6.45) is 0. The number of amides is 2. The van der Waals surface area contributed by atoms with Crippen LogP contribution in [-0.2, 0) is 4.79 Å². The Balaban J connectivity index is 1.90. The topological polar surface area (TPSA) is 84.7 Å². The van der Waals surface area contributed by atoms with Crippen molar-refractivity contribution >= 4 is 34.7 Å². The lowest BCUT2D eigenvalue weighted by atomic mass is 10.2. The highest BCUT2D eigenvalue weighted by molar-refractivity contribution is 6.07. The van der Waals surface area contributed by atoms with E-state index in [9.17, 15) is 9.59 Å². The molecule has 136 valence electrons. The maximum absolute atomic E-state index is 13.0. The number of nitrogen functional groups attached to an aromatic ring is 1. The second-order valence-electron chi connectivity index (χ2n) is 5.81. The van der Waals surface area contributed by atoms with Crippen molar-refractivity contribution in [3.8, 4) is 5.75 Å². The monoisotopic (exact) mass is 361 g/mol. The van der Waals surface area contributed by atoms with Crippen molar-refractivity contribution in [1.29, 1.82) is 0 Å². The second-order valence-corrected chi connectivity index (χ2v) is 5.81. The average molecular weight is 361 g/mol. The number of urea groups is 1. The molecule has 3 rings (SSSR count). The third-order valence-electron chi connectivity index (χ3n) is 3.72. The number of ether oxygens (including phenoxy) is 1. The molecular weight excluding hydrogens is 342 g/mol. The van der Waals surface area contributed by atoms with E-state index < -0.39 is 5.97 Å². The van der Waals surface area contributed by atoms with Crippen molar-refractivity contribution in [2.24, 2.45) is 0 Å². The SMILES string of the molecule is CC(=O)Oc1cccc(NC(=O)N(c2ccccc2)c2ccc(N)cc2)c1. The van der Waals surface area contributed by atoms with Gasteiger partial charge in [-0.3, -0.25) is 9.69 Å². The molecule has 6 heteroatoms. The Morgan fingerprint density at radius 1 is 0.889 bits per heavy atom. The Labute approximate surface area is 157 Å². The van der Waals surface area contributed by atoms with Crippen LogP contribution in [0.25, 0.3) is 0 Å². The first-order chi connectivity index (χ1) is 13.0. The maximum Gasteiger partial charge on any atom is 0.330 e. The molecule has 0 heterocycles. The normalized spacial score (nSPS) is 10.1. The molecule has 0 unspecified atom stereocenters. The van der Waals surface area contributed by atoms with Gasteiger partial charge in [-0.2, -0.15) is 0 Å². The zero-order chi connectivity index (χ0) is 19.2. The Morgan fingerprint density at radius 2 is 1.56 bits per heavy atom. The Kier molecular flexibility index (Phi) is 5.37. The van der Waals surface area contributed by atoms with Crippen LogP contribution in [0.5, 0.6) is 5.75 Å². The molecule has 27 heavy (non-hydrogen) atoms. The quantitative estimate of drug-likeness (QED) is 0.405. The van der Waals surface area contributed by atoms with E-state index in [1.807, 2.05) is 30.3 Å². The van der Waals surface area contributed by atoms with E-state index in [-0.39, 0.29) is 6.03 Å². The summed E-state index contributed by atoms with van der Waals surface area (Å²) in [7, 11) is 0. The number of anilines is 4. The van der Waals surface area contributed by atoms with Gasteiger partial charge in [0.15, 0.2) is 0 Å². The van der Waals surface area contributed by atoms with Gasteiger partial charge in [-0.15, -0.1) is 0 Å². The minimum atomic E-state index is -0.425. The van der Waals surface area contributed by atoms with Gasteiger partial charge >= 0.3 is 12.0 Å². The molecule has 0 aliphatic carbocycles. The fourth-order valence-electron chi connectivity index (χ4n) is 2.57. The molecule has 0 aromatic heterocycles. The first-order valence-electron chi connectivity index (χ1n) is 8.33. The van der Waals surface area contributed by atoms with Crippen molar-refractivity contribution in [3.05, 3.63) is 78.9 Å². The van der Waals surface area contributed by atoms with Crippen LogP contribution in [0.15, 0.2) is 78.9 Å². The van der Waals surface area contributed by atoms with Crippen LogP contribution in [0.1, 0.15) is 6.92 Å². The van der Waals surface area contributed by atoms with E-state index in [2.05, 4.69) is 5.32 Å². The Morgan fingerprint density at radius 3 is 2.22 bits per heavy atom. The van der Waals surface area contributed by atoms with Crippen LogP contribution >= 0.6 is 0 Å². The third-order valence-corrected chi connectivity index (χ3v) is 3.72. The summed E-state index contributed by atoms with van der Waals surface area (Å²) in [4.78, 5) is 25.7. The number of nitrogens with zero attached hydrogens (tertiary/aromatic N) is 1. The van der Waals surface area contributed by atoms with E-state index in [0.29, 0.717) is 28.5 Å². The number of para-hydroxylation sites is 1. The molecule has 3 aromatic rings. The molecule has 0 aliphatic heterocycles. The van der Waals surface area contributed by atoms with Crippen molar-refractivity contribution in [2.75, 3.05) is 16.0 Å². The van der Waals surface area contributed by atoms with Crippen molar-refractivity contribution in [3.63, 3.8) is 0 Å². The van der Waals surface area contributed by atoms with Gasteiger partial charge in [0.1, 0.15) is 5.75 Å². The highest BCUT2D eigenvalue weighted by Crippen LogP contribution is 2.27. The number of hydrogen-bond acceptors (Lipinski definition) is 4. The molecule has 0 fully saturated rings. The first-order valence-corrected chi connectivity index (χ1v) is 8.33. The summed E-state index contributed by atoms with van der Waals surface area (Å²) < 4.78 is 5.06. The standard InChI is InChI=1S/C21H19N3O3/c1-15(25)27-20-9-5-6-17(14-20)23-21(26)24(18-7-3-2-4-8-18)19-12-10-16(22)11-13-19/h2-14H,22H2,1H3,(H,23,26). The fourth-order valence-corrected chi connectivity index (χ4v) is 2.57. The van der Waals surface area contributed by atoms with Gasteiger partial charge in [0.2, 0.25) is 0 Å². The van der Waals surface area contributed by atoms with E-state index in [1.54, 1.807) is 48.5 Å². The van der Waals surface area contributed by atoms with E-state index in [4.69, 9.17) is 10.5 Å². The van der Waals surface area contributed by atoms with Crippen molar-refractivity contribution in [1.82, 2.24) is 0 Å². The smallest absolute Gasteiger partial charge is 0.330 e. The predicted molar refractivity (Wildman–Crippen MR) is 106 cm³/mol.